The number of benzene rings is 2. The van der Waals surface area contributed by atoms with Gasteiger partial charge in [0.2, 0.25) is 0 Å². The molecule has 36 heavy (non-hydrogen) atoms. The van der Waals surface area contributed by atoms with Crippen molar-refractivity contribution in [1.29, 1.82) is 0 Å². The largest absolute Gasteiger partial charge is 0.497 e. The lowest BCUT2D eigenvalue weighted by Gasteiger charge is -2.26. The van der Waals surface area contributed by atoms with Crippen molar-refractivity contribution in [3.8, 4) is 11.5 Å². The summed E-state index contributed by atoms with van der Waals surface area (Å²) in [4.78, 5) is 32.3. The monoisotopic (exact) mass is 570 g/mol. The van der Waals surface area contributed by atoms with Gasteiger partial charge in [0.1, 0.15) is 17.5 Å². The molecular formula is C27H27BrN2O5S. The van der Waals surface area contributed by atoms with Crippen LogP contribution in [0.4, 0.5) is 0 Å². The SMILES string of the molecule is COc1ccc(/C=c2\sc3n(c2=O)[C@@H](c2cc(Br)ccc2OC)C(C(=O)OC(C)C)=C(C)N=3)c(C)c1. The number of hydrogen-bond donors (Lipinski definition) is 0. The van der Waals surface area contributed by atoms with Crippen LogP contribution in [0.5, 0.6) is 11.5 Å². The number of hydrogen-bond acceptors (Lipinski definition) is 7. The molecule has 1 aliphatic heterocycles. The number of rotatable bonds is 6. The van der Waals surface area contributed by atoms with Crippen LogP contribution < -0.4 is 24.4 Å². The van der Waals surface area contributed by atoms with Crippen molar-refractivity contribution in [2.24, 2.45) is 4.99 Å². The summed E-state index contributed by atoms with van der Waals surface area (Å²) in [6.45, 7) is 7.30. The quantitative estimate of drug-likeness (QED) is 0.413. The lowest BCUT2D eigenvalue weighted by Crippen LogP contribution is -2.40. The lowest BCUT2D eigenvalue weighted by atomic mass is 9.95. The maximum absolute atomic E-state index is 13.8. The Bertz CT molecular complexity index is 1550. The lowest BCUT2D eigenvalue weighted by molar-refractivity contribution is -0.143. The molecule has 2 heterocycles. The maximum Gasteiger partial charge on any atom is 0.338 e. The van der Waals surface area contributed by atoms with Crippen LogP contribution in [-0.4, -0.2) is 30.9 Å². The third kappa shape index (κ3) is 4.90. The molecule has 4 rings (SSSR count). The second kappa shape index (κ2) is 10.4. The van der Waals surface area contributed by atoms with Crippen LogP contribution in [-0.2, 0) is 9.53 Å². The number of carbonyl (C=O) groups is 1. The van der Waals surface area contributed by atoms with Crippen LogP contribution in [0, 0.1) is 6.92 Å². The molecule has 0 N–H and O–H groups in total. The highest BCUT2D eigenvalue weighted by atomic mass is 79.9. The van der Waals surface area contributed by atoms with E-state index >= 15 is 0 Å². The number of nitrogens with zero attached hydrogens (tertiary/aromatic N) is 2. The number of aromatic nitrogens is 1. The maximum atomic E-state index is 13.8. The summed E-state index contributed by atoms with van der Waals surface area (Å²) < 4.78 is 19.4. The minimum atomic E-state index is -0.765. The Morgan fingerprint density at radius 3 is 2.53 bits per heavy atom. The number of carbonyl (C=O) groups excluding carboxylic acids is 1. The highest BCUT2D eigenvalue weighted by Gasteiger charge is 2.35. The van der Waals surface area contributed by atoms with Crippen molar-refractivity contribution in [3.63, 3.8) is 0 Å². The highest BCUT2D eigenvalue weighted by molar-refractivity contribution is 9.10. The Hall–Kier alpha value is -3.17. The molecule has 0 radical (unpaired) electrons. The molecule has 0 bridgehead atoms. The van der Waals surface area contributed by atoms with Crippen LogP contribution in [0.25, 0.3) is 6.08 Å². The fourth-order valence-corrected chi connectivity index (χ4v) is 5.57. The van der Waals surface area contributed by atoms with Gasteiger partial charge in [-0.15, -0.1) is 0 Å². The first-order chi connectivity index (χ1) is 17.1. The van der Waals surface area contributed by atoms with Crippen LogP contribution >= 0.6 is 27.3 Å². The number of halogens is 1. The zero-order valence-electron chi connectivity index (χ0n) is 20.9. The molecule has 0 amide bonds. The molecule has 0 saturated carbocycles. The van der Waals surface area contributed by atoms with E-state index in [1.165, 1.54) is 11.3 Å². The second-order valence-electron chi connectivity index (χ2n) is 8.64. The van der Waals surface area contributed by atoms with Crippen molar-refractivity contribution in [2.75, 3.05) is 14.2 Å². The summed E-state index contributed by atoms with van der Waals surface area (Å²) in [5.41, 5.74) is 3.09. The van der Waals surface area contributed by atoms with E-state index in [2.05, 4.69) is 20.9 Å². The van der Waals surface area contributed by atoms with Crippen molar-refractivity contribution >= 4 is 39.3 Å². The molecule has 0 fully saturated rings. The smallest absolute Gasteiger partial charge is 0.338 e. The highest BCUT2D eigenvalue weighted by Crippen LogP contribution is 2.37. The molecule has 0 unspecified atom stereocenters. The van der Waals surface area contributed by atoms with Gasteiger partial charge in [-0.05, 0) is 75.2 Å². The molecule has 2 aromatic carbocycles. The van der Waals surface area contributed by atoms with Crippen LogP contribution in [0.3, 0.4) is 0 Å². The standard InChI is InChI=1S/C27H27BrN2O5S/c1-14(2)35-26(32)23-16(4)29-27-30(24(23)20-13-18(28)8-10-21(20)34-6)25(31)22(36-27)12-17-7-9-19(33-5)11-15(17)3/h7-14,24H,1-6H3/b22-12-/t24-/m0/s1. The fourth-order valence-electron chi connectivity index (χ4n) is 4.15. The third-order valence-corrected chi connectivity index (χ3v) is 7.31. The average molecular weight is 571 g/mol. The first-order valence-electron chi connectivity index (χ1n) is 11.4. The molecule has 1 aliphatic rings. The van der Waals surface area contributed by atoms with E-state index in [-0.39, 0.29) is 11.7 Å². The number of thiazole rings is 1. The molecule has 0 saturated heterocycles. The fraction of sp³-hybridized carbons (Fsp3) is 0.296. The Morgan fingerprint density at radius 1 is 1.14 bits per heavy atom. The van der Waals surface area contributed by atoms with Gasteiger partial charge in [0.15, 0.2) is 4.80 Å². The normalized spacial score (nSPS) is 15.6. The number of ether oxygens (including phenoxy) is 3. The molecule has 7 nitrogen and oxygen atoms in total. The first kappa shape index (κ1) is 25.9. The van der Waals surface area contributed by atoms with E-state index in [4.69, 9.17) is 14.2 Å². The molecule has 3 aromatic rings. The van der Waals surface area contributed by atoms with Gasteiger partial charge in [-0.1, -0.05) is 33.3 Å². The Labute approximate surface area is 221 Å². The van der Waals surface area contributed by atoms with Gasteiger partial charge in [0.05, 0.1) is 36.1 Å². The zero-order chi connectivity index (χ0) is 26.1. The summed E-state index contributed by atoms with van der Waals surface area (Å²) in [5, 5.41) is 0. The van der Waals surface area contributed by atoms with Gasteiger partial charge in [0, 0.05) is 10.0 Å². The average Bonchev–Trinajstić information content (AvgIpc) is 3.13. The van der Waals surface area contributed by atoms with Crippen LogP contribution in [0.2, 0.25) is 0 Å². The van der Waals surface area contributed by atoms with Crippen molar-refractivity contribution in [1.82, 2.24) is 4.57 Å². The second-order valence-corrected chi connectivity index (χ2v) is 10.6. The van der Waals surface area contributed by atoms with Gasteiger partial charge < -0.3 is 14.2 Å². The van der Waals surface area contributed by atoms with Gasteiger partial charge >= 0.3 is 5.97 Å². The Morgan fingerprint density at radius 2 is 1.89 bits per heavy atom. The zero-order valence-corrected chi connectivity index (χ0v) is 23.3. The van der Waals surface area contributed by atoms with Gasteiger partial charge in [-0.2, -0.15) is 0 Å². The Balaban J connectivity index is 1.99. The molecule has 0 aliphatic carbocycles. The van der Waals surface area contributed by atoms with Crippen molar-refractivity contribution in [2.45, 2.75) is 39.8 Å². The summed E-state index contributed by atoms with van der Waals surface area (Å²) in [6.07, 6.45) is 1.52. The van der Waals surface area contributed by atoms with Crippen molar-refractivity contribution < 1.29 is 19.0 Å². The molecule has 9 heteroatoms. The van der Waals surface area contributed by atoms with E-state index in [1.54, 1.807) is 45.6 Å². The topological polar surface area (TPSA) is 79.1 Å². The van der Waals surface area contributed by atoms with Crippen LogP contribution in [0.15, 0.2) is 61.9 Å². The van der Waals surface area contributed by atoms with Gasteiger partial charge in [-0.25, -0.2) is 9.79 Å². The van der Waals surface area contributed by atoms with Gasteiger partial charge in [-0.3, -0.25) is 9.36 Å². The predicted octanol–water partition coefficient (Wildman–Crippen LogP) is 4.27. The molecule has 188 valence electrons. The number of methoxy groups -OCH3 is 2. The minimum absolute atomic E-state index is 0.247. The summed E-state index contributed by atoms with van der Waals surface area (Å²) in [7, 11) is 3.18. The van der Waals surface area contributed by atoms with E-state index in [0.29, 0.717) is 31.9 Å². The molecular weight excluding hydrogens is 544 g/mol. The molecule has 1 atom stereocenters. The number of aryl methyl sites for hydroxylation is 1. The number of esters is 1. The predicted molar refractivity (Wildman–Crippen MR) is 143 cm³/mol. The third-order valence-electron chi connectivity index (χ3n) is 5.83. The number of allylic oxidation sites excluding steroid dienone is 1. The minimum Gasteiger partial charge on any atom is -0.497 e. The molecule has 0 spiro atoms. The van der Waals surface area contributed by atoms with Gasteiger partial charge in [0.25, 0.3) is 5.56 Å². The van der Waals surface area contributed by atoms with E-state index in [0.717, 1.165) is 21.3 Å². The Kier molecular flexibility index (Phi) is 7.51. The molecule has 1 aromatic heterocycles. The number of fused-ring (bicyclic) bond motifs is 1. The summed E-state index contributed by atoms with van der Waals surface area (Å²) in [6, 6.07) is 10.4. The van der Waals surface area contributed by atoms with Crippen LogP contribution in [0.1, 0.15) is 43.5 Å². The first-order valence-corrected chi connectivity index (χ1v) is 13.0. The van der Waals surface area contributed by atoms with E-state index in [9.17, 15) is 9.59 Å². The summed E-state index contributed by atoms with van der Waals surface area (Å²) in [5.74, 6) is 0.781. The van der Waals surface area contributed by atoms with E-state index < -0.39 is 12.0 Å². The van der Waals surface area contributed by atoms with Crippen molar-refractivity contribution in [3.05, 3.63) is 88.5 Å². The van der Waals surface area contributed by atoms with E-state index in [1.807, 2.05) is 43.3 Å². The summed E-state index contributed by atoms with van der Waals surface area (Å²) >= 11 is 4.80.